The first-order valence-corrected chi connectivity index (χ1v) is 6.88. The average Bonchev–Trinajstić information content (AvgIpc) is 2.43. The van der Waals surface area contributed by atoms with Crippen LogP contribution in [0.5, 0.6) is 5.75 Å². The predicted octanol–water partition coefficient (Wildman–Crippen LogP) is 1.16. The van der Waals surface area contributed by atoms with Crippen molar-refractivity contribution in [2.75, 3.05) is 18.5 Å². The number of amides is 2. The highest BCUT2D eigenvalue weighted by atomic mass is 16.5. The Morgan fingerprint density at radius 2 is 1.76 bits per heavy atom. The second kappa shape index (κ2) is 8.26. The number of aliphatic hydroxyl groups is 1. The lowest BCUT2D eigenvalue weighted by molar-refractivity contribution is -0.136. The molecule has 0 saturated carbocycles. The Hall–Kier alpha value is -2.08. The molecule has 0 saturated heterocycles. The van der Waals surface area contributed by atoms with Gasteiger partial charge in [-0.15, -0.1) is 0 Å². The van der Waals surface area contributed by atoms with Gasteiger partial charge in [-0.05, 0) is 37.1 Å². The molecule has 0 heterocycles. The number of hydrogen-bond donors (Lipinski definition) is 3. The molecule has 1 rings (SSSR count). The molecule has 0 fully saturated rings. The van der Waals surface area contributed by atoms with E-state index >= 15 is 0 Å². The van der Waals surface area contributed by atoms with Gasteiger partial charge < -0.3 is 20.5 Å². The van der Waals surface area contributed by atoms with Gasteiger partial charge in [0.25, 0.3) is 0 Å². The van der Waals surface area contributed by atoms with E-state index in [1.807, 2.05) is 0 Å². The molecule has 0 bridgehead atoms. The van der Waals surface area contributed by atoms with Crippen LogP contribution in [-0.4, -0.2) is 36.2 Å². The monoisotopic (exact) mass is 294 g/mol. The third-order valence-electron chi connectivity index (χ3n) is 2.46. The van der Waals surface area contributed by atoms with E-state index in [9.17, 15) is 9.59 Å². The maximum absolute atomic E-state index is 11.6. The molecule has 6 heteroatoms. The number of hydrogen-bond acceptors (Lipinski definition) is 4. The average molecular weight is 294 g/mol. The minimum Gasteiger partial charge on any atom is -0.493 e. The van der Waals surface area contributed by atoms with Crippen molar-refractivity contribution in [3.05, 3.63) is 24.3 Å². The van der Waals surface area contributed by atoms with E-state index in [0.717, 1.165) is 0 Å². The van der Waals surface area contributed by atoms with Crippen LogP contribution in [-0.2, 0) is 9.59 Å². The molecule has 1 atom stereocenters. The smallest absolute Gasteiger partial charge is 0.313 e. The Labute approximate surface area is 124 Å². The fourth-order valence-electron chi connectivity index (χ4n) is 1.41. The molecule has 116 valence electrons. The van der Waals surface area contributed by atoms with Crippen LogP contribution in [0.15, 0.2) is 24.3 Å². The Balaban J connectivity index is 2.47. The lowest BCUT2D eigenvalue weighted by Gasteiger charge is -2.10. The lowest BCUT2D eigenvalue weighted by Crippen LogP contribution is -2.38. The normalized spacial score (nSPS) is 11.9. The van der Waals surface area contributed by atoms with E-state index in [-0.39, 0.29) is 6.54 Å². The number of benzene rings is 1. The molecule has 0 aromatic heterocycles. The third kappa shape index (κ3) is 6.76. The zero-order valence-electron chi connectivity index (χ0n) is 12.6. The molecule has 21 heavy (non-hydrogen) atoms. The topological polar surface area (TPSA) is 87.7 Å². The summed E-state index contributed by atoms with van der Waals surface area (Å²) < 4.78 is 5.52. The molecular formula is C15H22N2O4. The molecule has 0 aliphatic carbocycles. The Kier molecular flexibility index (Phi) is 6.68. The molecular weight excluding hydrogens is 272 g/mol. The number of ether oxygens (including phenoxy) is 1. The molecule has 3 N–H and O–H groups in total. The van der Waals surface area contributed by atoms with Crippen LogP contribution in [0.1, 0.15) is 20.8 Å². The molecule has 0 aliphatic heterocycles. The molecule has 0 aliphatic rings. The third-order valence-corrected chi connectivity index (χ3v) is 2.46. The van der Waals surface area contributed by atoms with Crippen molar-refractivity contribution in [2.45, 2.75) is 26.9 Å². The summed E-state index contributed by atoms with van der Waals surface area (Å²) in [5, 5.41) is 13.8. The molecule has 0 radical (unpaired) electrons. The molecule has 2 amide bonds. The van der Waals surface area contributed by atoms with E-state index < -0.39 is 17.9 Å². The summed E-state index contributed by atoms with van der Waals surface area (Å²) in [6.45, 7) is 6.29. The molecule has 1 aromatic carbocycles. The van der Waals surface area contributed by atoms with E-state index in [1.54, 1.807) is 24.3 Å². The van der Waals surface area contributed by atoms with Gasteiger partial charge in [-0.3, -0.25) is 9.59 Å². The van der Waals surface area contributed by atoms with Gasteiger partial charge in [-0.2, -0.15) is 0 Å². The van der Waals surface area contributed by atoms with Gasteiger partial charge in [0.1, 0.15) is 5.75 Å². The predicted molar refractivity (Wildman–Crippen MR) is 80.1 cm³/mol. The highest BCUT2D eigenvalue weighted by molar-refractivity contribution is 6.39. The van der Waals surface area contributed by atoms with Crippen molar-refractivity contribution in [1.82, 2.24) is 5.32 Å². The van der Waals surface area contributed by atoms with E-state index in [0.29, 0.717) is 24.0 Å². The maximum Gasteiger partial charge on any atom is 0.313 e. The van der Waals surface area contributed by atoms with E-state index in [4.69, 9.17) is 9.84 Å². The largest absolute Gasteiger partial charge is 0.493 e. The van der Waals surface area contributed by atoms with Gasteiger partial charge in [-0.1, -0.05) is 13.8 Å². The number of carbonyl (C=O) groups is 2. The number of anilines is 1. The summed E-state index contributed by atoms with van der Waals surface area (Å²) >= 11 is 0. The minimum absolute atomic E-state index is 0.0359. The van der Waals surface area contributed by atoms with Gasteiger partial charge in [0.05, 0.1) is 12.7 Å². The Morgan fingerprint density at radius 3 is 2.29 bits per heavy atom. The van der Waals surface area contributed by atoms with Crippen LogP contribution in [0.3, 0.4) is 0 Å². The van der Waals surface area contributed by atoms with Crippen molar-refractivity contribution >= 4 is 17.5 Å². The van der Waals surface area contributed by atoms with Crippen LogP contribution in [0.25, 0.3) is 0 Å². The molecule has 0 spiro atoms. The first-order chi connectivity index (χ1) is 9.88. The zero-order chi connectivity index (χ0) is 15.8. The maximum atomic E-state index is 11.6. The van der Waals surface area contributed by atoms with E-state index in [1.165, 1.54) is 6.92 Å². The van der Waals surface area contributed by atoms with Crippen molar-refractivity contribution < 1.29 is 19.4 Å². The Morgan fingerprint density at radius 1 is 1.14 bits per heavy atom. The molecule has 1 aromatic rings. The van der Waals surface area contributed by atoms with Gasteiger partial charge in [0.15, 0.2) is 0 Å². The summed E-state index contributed by atoms with van der Waals surface area (Å²) in [5.41, 5.74) is 0.504. The summed E-state index contributed by atoms with van der Waals surface area (Å²) in [6.07, 6.45) is -0.695. The van der Waals surface area contributed by atoms with E-state index in [2.05, 4.69) is 24.5 Å². The van der Waals surface area contributed by atoms with Crippen molar-refractivity contribution in [3.8, 4) is 5.75 Å². The number of nitrogens with one attached hydrogen (secondary N) is 2. The second-order valence-corrected chi connectivity index (χ2v) is 5.24. The van der Waals surface area contributed by atoms with Crippen molar-refractivity contribution in [3.63, 3.8) is 0 Å². The second-order valence-electron chi connectivity index (χ2n) is 5.24. The fourth-order valence-corrected chi connectivity index (χ4v) is 1.41. The van der Waals surface area contributed by atoms with Crippen molar-refractivity contribution in [1.29, 1.82) is 0 Å². The van der Waals surface area contributed by atoms with Crippen molar-refractivity contribution in [2.24, 2.45) is 5.92 Å². The summed E-state index contributed by atoms with van der Waals surface area (Å²) in [5.74, 6) is -0.412. The highest BCUT2D eigenvalue weighted by Crippen LogP contribution is 2.16. The van der Waals surface area contributed by atoms with Crippen LogP contribution < -0.4 is 15.4 Å². The lowest BCUT2D eigenvalue weighted by atomic mass is 10.2. The van der Waals surface area contributed by atoms with Crippen LogP contribution in [0.4, 0.5) is 5.69 Å². The molecule has 1 unspecified atom stereocenters. The standard InChI is InChI=1S/C15H22N2O4/c1-10(2)9-21-13-6-4-12(5-7-13)17-15(20)14(19)16-8-11(3)18/h4-7,10-11,18H,8-9H2,1-3H3,(H,16,19)(H,17,20). The quantitative estimate of drug-likeness (QED) is 0.687. The summed E-state index contributed by atoms with van der Waals surface area (Å²) in [7, 11) is 0. The fraction of sp³-hybridized carbons (Fsp3) is 0.467. The SMILES string of the molecule is CC(C)COc1ccc(NC(=O)C(=O)NCC(C)O)cc1. The molecule has 6 nitrogen and oxygen atoms in total. The van der Waals surface area contributed by atoms with Gasteiger partial charge in [0, 0.05) is 12.2 Å². The van der Waals surface area contributed by atoms with Crippen LogP contribution >= 0.6 is 0 Å². The van der Waals surface area contributed by atoms with Gasteiger partial charge >= 0.3 is 11.8 Å². The number of aliphatic hydroxyl groups excluding tert-OH is 1. The Bertz CT molecular complexity index is 469. The number of rotatable bonds is 6. The zero-order valence-corrected chi connectivity index (χ0v) is 12.6. The first-order valence-electron chi connectivity index (χ1n) is 6.88. The summed E-state index contributed by atoms with van der Waals surface area (Å²) in [6, 6.07) is 6.78. The first kappa shape index (κ1) is 17.0. The number of carbonyl (C=O) groups excluding carboxylic acids is 2. The summed E-state index contributed by atoms with van der Waals surface area (Å²) in [4.78, 5) is 23.0. The van der Waals surface area contributed by atoms with Crippen LogP contribution in [0.2, 0.25) is 0 Å². The highest BCUT2D eigenvalue weighted by Gasteiger charge is 2.13. The van der Waals surface area contributed by atoms with Crippen LogP contribution in [0, 0.1) is 5.92 Å². The van der Waals surface area contributed by atoms with Gasteiger partial charge in [-0.25, -0.2) is 0 Å². The minimum atomic E-state index is -0.781. The van der Waals surface area contributed by atoms with Gasteiger partial charge in [0.2, 0.25) is 0 Å².